The van der Waals surface area contributed by atoms with E-state index in [1.54, 1.807) is 0 Å². The van der Waals surface area contributed by atoms with Crippen molar-refractivity contribution in [3.63, 3.8) is 0 Å². The van der Waals surface area contributed by atoms with Crippen LogP contribution in [-0.2, 0) is 0 Å². The molecule has 0 spiro atoms. The minimum Gasteiger partial charge on any atom is -0.455 e. The van der Waals surface area contributed by atoms with Gasteiger partial charge < -0.3 is 4.42 Å². The van der Waals surface area contributed by atoms with Crippen LogP contribution in [0.1, 0.15) is 0 Å². The maximum absolute atomic E-state index is 6.65. The number of para-hydroxylation sites is 1. The van der Waals surface area contributed by atoms with Crippen LogP contribution in [0.25, 0.3) is 89.1 Å². The molecule has 0 bridgehead atoms. The third-order valence-corrected chi connectivity index (χ3v) is 8.75. The van der Waals surface area contributed by atoms with Crippen molar-refractivity contribution in [3.8, 4) is 56.4 Å². The van der Waals surface area contributed by atoms with Crippen molar-refractivity contribution >= 4 is 32.7 Å². The second-order valence-electron chi connectivity index (χ2n) is 11.6. The molecule has 0 saturated carbocycles. The Labute approximate surface area is 271 Å². The number of benzene rings is 7. The van der Waals surface area contributed by atoms with Gasteiger partial charge >= 0.3 is 0 Å². The number of aromatic nitrogens is 3. The molecule has 2 heterocycles. The second-order valence-corrected chi connectivity index (χ2v) is 11.6. The van der Waals surface area contributed by atoms with E-state index < -0.39 is 0 Å². The number of nitrogens with zero attached hydrogens (tertiary/aromatic N) is 3. The molecule has 0 aliphatic heterocycles. The Hall–Kier alpha value is -6.39. The molecule has 0 N–H and O–H groups in total. The average Bonchev–Trinajstić information content (AvgIpc) is 3.55. The summed E-state index contributed by atoms with van der Waals surface area (Å²) in [4.78, 5) is 15.5. The molecule has 0 aliphatic rings. The molecule has 0 saturated heterocycles. The molecule has 0 amide bonds. The zero-order valence-corrected chi connectivity index (χ0v) is 25.3. The number of furan rings is 1. The first-order chi connectivity index (χ1) is 23.3. The van der Waals surface area contributed by atoms with Crippen molar-refractivity contribution in [2.75, 3.05) is 0 Å². The van der Waals surface area contributed by atoms with Crippen LogP contribution in [-0.4, -0.2) is 15.0 Å². The fourth-order valence-corrected chi connectivity index (χ4v) is 6.56. The van der Waals surface area contributed by atoms with E-state index in [1.807, 2.05) is 60.7 Å². The summed E-state index contributed by atoms with van der Waals surface area (Å²) >= 11 is 0. The molecular formula is C43H27N3O. The van der Waals surface area contributed by atoms with Gasteiger partial charge in [-0.3, -0.25) is 0 Å². The lowest BCUT2D eigenvalue weighted by atomic mass is 9.93. The SMILES string of the molecule is c1ccc(-c2nc(-c3ccccc3-c3ccccc3)nc(-c3cc4c(-c5ccccc5)cccc4c4oc5ccccc5c34)n2)cc1. The summed E-state index contributed by atoms with van der Waals surface area (Å²) in [6.07, 6.45) is 0. The summed E-state index contributed by atoms with van der Waals surface area (Å²) < 4.78 is 6.65. The molecule has 47 heavy (non-hydrogen) atoms. The number of hydrogen-bond donors (Lipinski definition) is 0. The van der Waals surface area contributed by atoms with Crippen LogP contribution in [0.15, 0.2) is 168 Å². The Kier molecular flexibility index (Phi) is 6.43. The molecule has 0 unspecified atom stereocenters. The van der Waals surface area contributed by atoms with Crippen LogP contribution >= 0.6 is 0 Å². The van der Waals surface area contributed by atoms with Gasteiger partial charge in [0.25, 0.3) is 0 Å². The third kappa shape index (κ3) is 4.66. The van der Waals surface area contributed by atoms with Crippen LogP contribution in [0, 0.1) is 0 Å². The Balaban J connectivity index is 1.39. The van der Waals surface area contributed by atoms with Gasteiger partial charge in [0.15, 0.2) is 17.5 Å². The van der Waals surface area contributed by atoms with Gasteiger partial charge in [-0.1, -0.05) is 152 Å². The highest BCUT2D eigenvalue weighted by atomic mass is 16.3. The van der Waals surface area contributed by atoms with Crippen LogP contribution in [0.5, 0.6) is 0 Å². The van der Waals surface area contributed by atoms with E-state index in [0.29, 0.717) is 17.5 Å². The summed E-state index contributed by atoms with van der Waals surface area (Å²) in [5, 5.41) is 4.14. The van der Waals surface area contributed by atoms with Crippen LogP contribution in [0.2, 0.25) is 0 Å². The minimum absolute atomic E-state index is 0.595. The maximum atomic E-state index is 6.65. The van der Waals surface area contributed by atoms with Gasteiger partial charge in [-0.25, -0.2) is 15.0 Å². The number of rotatable bonds is 5. The highest BCUT2D eigenvalue weighted by molar-refractivity contribution is 6.22. The summed E-state index contributed by atoms with van der Waals surface area (Å²) in [5.41, 5.74) is 8.85. The number of hydrogen-bond acceptors (Lipinski definition) is 4. The quantitative estimate of drug-likeness (QED) is 0.197. The lowest BCUT2D eigenvalue weighted by Gasteiger charge is -2.14. The lowest BCUT2D eigenvalue weighted by molar-refractivity contribution is 0.672. The van der Waals surface area contributed by atoms with E-state index in [-0.39, 0.29) is 0 Å². The van der Waals surface area contributed by atoms with Gasteiger partial charge in [0.2, 0.25) is 0 Å². The molecule has 7 aromatic carbocycles. The summed E-state index contributed by atoms with van der Waals surface area (Å²) in [7, 11) is 0. The largest absolute Gasteiger partial charge is 0.455 e. The summed E-state index contributed by atoms with van der Waals surface area (Å²) in [5.74, 6) is 1.83. The first-order valence-electron chi connectivity index (χ1n) is 15.7. The van der Waals surface area contributed by atoms with Gasteiger partial charge in [0, 0.05) is 32.8 Å². The molecule has 0 atom stereocenters. The van der Waals surface area contributed by atoms with E-state index in [1.165, 1.54) is 0 Å². The monoisotopic (exact) mass is 601 g/mol. The fourth-order valence-electron chi connectivity index (χ4n) is 6.56. The van der Waals surface area contributed by atoms with Crippen molar-refractivity contribution < 1.29 is 4.42 Å². The summed E-state index contributed by atoms with van der Waals surface area (Å²) in [6.45, 7) is 0. The van der Waals surface area contributed by atoms with Crippen LogP contribution < -0.4 is 0 Å². The van der Waals surface area contributed by atoms with Gasteiger partial charge in [-0.15, -0.1) is 0 Å². The van der Waals surface area contributed by atoms with E-state index in [2.05, 4.69) is 103 Å². The van der Waals surface area contributed by atoms with Crippen molar-refractivity contribution in [2.45, 2.75) is 0 Å². The molecule has 0 radical (unpaired) electrons. The zero-order chi connectivity index (χ0) is 31.2. The van der Waals surface area contributed by atoms with Gasteiger partial charge in [-0.05, 0) is 39.8 Å². The van der Waals surface area contributed by atoms with Crippen molar-refractivity contribution in [1.29, 1.82) is 0 Å². The van der Waals surface area contributed by atoms with Crippen molar-refractivity contribution in [2.24, 2.45) is 0 Å². The first-order valence-corrected chi connectivity index (χ1v) is 15.7. The Morgan fingerprint density at radius 2 is 0.851 bits per heavy atom. The van der Waals surface area contributed by atoms with E-state index >= 15 is 0 Å². The van der Waals surface area contributed by atoms with Gasteiger partial charge in [0.05, 0.1) is 0 Å². The molecule has 9 rings (SSSR count). The van der Waals surface area contributed by atoms with Crippen LogP contribution in [0.3, 0.4) is 0 Å². The second kappa shape index (κ2) is 11.2. The van der Waals surface area contributed by atoms with Crippen molar-refractivity contribution in [1.82, 2.24) is 15.0 Å². The van der Waals surface area contributed by atoms with E-state index in [4.69, 9.17) is 19.4 Å². The Morgan fingerprint density at radius 3 is 1.57 bits per heavy atom. The van der Waals surface area contributed by atoms with Gasteiger partial charge in [-0.2, -0.15) is 0 Å². The predicted molar refractivity (Wildman–Crippen MR) is 192 cm³/mol. The fraction of sp³-hybridized carbons (Fsp3) is 0. The third-order valence-electron chi connectivity index (χ3n) is 8.75. The normalized spacial score (nSPS) is 11.4. The Morgan fingerprint density at radius 1 is 0.340 bits per heavy atom. The Bertz CT molecular complexity index is 2560. The zero-order valence-electron chi connectivity index (χ0n) is 25.3. The number of fused-ring (bicyclic) bond motifs is 5. The molecule has 220 valence electrons. The standard InChI is InChI=1S/C43H27N3O/c1-4-15-28(16-5-1)31-21-10-11-22-34(31)42-44-41(30-19-8-3-9-20-30)45-43(46-42)37-27-36-32(29-17-6-2-7-18-29)24-14-25-33(36)40-39(37)35-23-12-13-26-38(35)47-40/h1-27H. The molecule has 9 aromatic rings. The minimum atomic E-state index is 0.595. The molecule has 2 aromatic heterocycles. The topological polar surface area (TPSA) is 51.8 Å². The smallest absolute Gasteiger partial charge is 0.164 e. The lowest BCUT2D eigenvalue weighted by Crippen LogP contribution is -2.01. The highest BCUT2D eigenvalue weighted by Crippen LogP contribution is 2.43. The van der Waals surface area contributed by atoms with E-state index in [0.717, 1.165) is 71.7 Å². The average molecular weight is 602 g/mol. The molecule has 0 fully saturated rings. The first kappa shape index (κ1) is 27.0. The summed E-state index contributed by atoms with van der Waals surface area (Å²) in [6, 6.07) is 56.1. The van der Waals surface area contributed by atoms with Crippen LogP contribution in [0.4, 0.5) is 0 Å². The molecule has 4 nitrogen and oxygen atoms in total. The molecule has 4 heteroatoms. The van der Waals surface area contributed by atoms with Gasteiger partial charge in [0.1, 0.15) is 11.2 Å². The highest BCUT2D eigenvalue weighted by Gasteiger charge is 2.22. The maximum Gasteiger partial charge on any atom is 0.164 e. The van der Waals surface area contributed by atoms with Crippen molar-refractivity contribution in [3.05, 3.63) is 164 Å². The predicted octanol–water partition coefficient (Wildman–Crippen LogP) is 11.3. The molecule has 0 aliphatic carbocycles. The van der Waals surface area contributed by atoms with E-state index in [9.17, 15) is 0 Å². The molecular weight excluding hydrogens is 574 g/mol.